The van der Waals surface area contributed by atoms with E-state index in [0.29, 0.717) is 5.56 Å². The van der Waals surface area contributed by atoms with Crippen LogP contribution in [0.4, 0.5) is 5.69 Å². The second kappa shape index (κ2) is 6.52. The first-order chi connectivity index (χ1) is 9.19. The Bertz CT molecular complexity index is 585. The Morgan fingerprint density at radius 2 is 1.68 bits per heavy atom. The van der Waals surface area contributed by atoms with Crippen LogP contribution in [0.5, 0.6) is 0 Å². The van der Waals surface area contributed by atoms with Crippen molar-refractivity contribution in [2.45, 2.75) is 0 Å². The number of rotatable bonds is 4. The molecule has 96 valence electrons. The second-order valence-electron chi connectivity index (χ2n) is 4.08. The lowest BCUT2D eigenvalue weighted by atomic mass is 10.1. The number of carbonyl (C=O) groups excluding carboxylic acids is 1. The van der Waals surface area contributed by atoms with Crippen LogP contribution in [0.15, 0.2) is 54.6 Å². The topological polar surface area (TPSA) is 29.1 Å². The number of nitrogens with one attached hydrogen (secondary N) is 1. The second-order valence-corrected chi connectivity index (χ2v) is 5.32. The molecule has 0 fully saturated rings. The maximum atomic E-state index is 12.0. The van der Waals surface area contributed by atoms with Crippen LogP contribution in [0, 0.1) is 3.57 Å². The van der Waals surface area contributed by atoms with Gasteiger partial charge in [0.15, 0.2) is 5.78 Å². The van der Waals surface area contributed by atoms with E-state index in [1.54, 1.807) is 6.08 Å². The largest absolute Gasteiger partial charge is 0.388 e. The number of ketones is 1. The summed E-state index contributed by atoms with van der Waals surface area (Å²) in [5.74, 6) is 0.0150. The van der Waals surface area contributed by atoms with Gasteiger partial charge in [-0.2, -0.15) is 0 Å². The van der Waals surface area contributed by atoms with Gasteiger partial charge in [-0.1, -0.05) is 18.2 Å². The Morgan fingerprint density at radius 3 is 2.26 bits per heavy atom. The predicted molar refractivity (Wildman–Crippen MR) is 88.5 cm³/mol. The average Bonchev–Trinajstić information content (AvgIpc) is 2.46. The van der Waals surface area contributed by atoms with Crippen molar-refractivity contribution in [1.82, 2.24) is 0 Å². The van der Waals surface area contributed by atoms with Crippen molar-refractivity contribution in [2.75, 3.05) is 12.4 Å². The summed E-state index contributed by atoms with van der Waals surface area (Å²) >= 11 is 2.26. The van der Waals surface area contributed by atoms with Crippen LogP contribution in [0.1, 0.15) is 15.9 Å². The third-order valence-electron chi connectivity index (χ3n) is 2.76. The average molecular weight is 363 g/mol. The minimum absolute atomic E-state index is 0.0150. The maximum absolute atomic E-state index is 12.0. The quantitative estimate of drug-likeness (QED) is 0.501. The molecule has 0 aliphatic rings. The molecule has 1 N–H and O–H groups in total. The van der Waals surface area contributed by atoms with Crippen LogP contribution in [0.2, 0.25) is 0 Å². The molecule has 2 rings (SSSR count). The minimum atomic E-state index is 0.0150. The summed E-state index contributed by atoms with van der Waals surface area (Å²) in [6.07, 6.45) is 3.45. The number of benzene rings is 2. The molecule has 0 bridgehead atoms. The lowest BCUT2D eigenvalue weighted by Crippen LogP contribution is -1.95. The van der Waals surface area contributed by atoms with Gasteiger partial charge >= 0.3 is 0 Å². The van der Waals surface area contributed by atoms with Crippen LogP contribution in [-0.4, -0.2) is 12.8 Å². The standard InChI is InChI=1S/C16H14INO/c1-18-15-9-5-13(6-10-15)16(19)11-4-12-2-7-14(17)8-3-12/h2-11,18H,1H3. The molecule has 0 spiro atoms. The molecule has 19 heavy (non-hydrogen) atoms. The van der Waals surface area contributed by atoms with Crippen molar-refractivity contribution in [2.24, 2.45) is 0 Å². The van der Waals surface area contributed by atoms with Crippen molar-refractivity contribution in [3.8, 4) is 0 Å². The van der Waals surface area contributed by atoms with Gasteiger partial charge in [0, 0.05) is 21.9 Å². The Hall–Kier alpha value is -1.62. The molecule has 2 nitrogen and oxygen atoms in total. The minimum Gasteiger partial charge on any atom is -0.388 e. The zero-order valence-corrected chi connectivity index (χ0v) is 12.7. The Labute approximate surface area is 126 Å². The van der Waals surface area contributed by atoms with Gasteiger partial charge in [-0.3, -0.25) is 4.79 Å². The smallest absolute Gasteiger partial charge is 0.185 e. The molecule has 2 aromatic rings. The molecule has 0 aliphatic carbocycles. The number of anilines is 1. The first-order valence-electron chi connectivity index (χ1n) is 5.95. The summed E-state index contributed by atoms with van der Waals surface area (Å²) in [4.78, 5) is 12.0. The number of carbonyl (C=O) groups is 1. The molecule has 2 aromatic carbocycles. The molecule has 0 atom stereocenters. The van der Waals surface area contributed by atoms with Crippen LogP contribution in [0.3, 0.4) is 0 Å². The number of allylic oxidation sites excluding steroid dienone is 1. The third-order valence-corrected chi connectivity index (χ3v) is 3.47. The van der Waals surface area contributed by atoms with E-state index >= 15 is 0 Å². The summed E-state index contributed by atoms with van der Waals surface area (Å²) in [6.45, 7) is 0. The lowest BCUT2D eigenvalue weighted by molar-refractivity contribution is 0.104. The van der Waals surface area contributed by atoms with Crippen molar-refractivity contribution < 1.29 is 4.79 Å². The van der Waals surface area contributed by atoms with Crippen molar-refractivity contribution in [3.05, 3.63) is 69.3 Å². The van der Waals surface area contributed by atoms with Gasteiger partial charge in [-0.15, -0.1) is 0 Å². The molecule has 0 aromatic heterocycles. The summed E-state index contributed by atoms with van der Waals surface area (Å²) in [7, 11) is 1.85. The van der Waals surface area contributed by atoms with Crippen LogP contribution >= 0.6 is 22.6 Å². The molecule has 0 saturated heterocycles. The molecule has 0 amide bonds. The highest BCUT2D eigenvalue weighted by Crippen LogP contribution is 2.11. The van der Waals surface area contributed by atoms with Crippen molar-refractivity contribution >= 4 is 40.1 Å². The van der Waals surface area contributed by atoms with Gasteiger partial charge in [-0.05, 0) is 70.6 Å². The fourth-order valence-electron chi connectivity index (χ4n) is 1.64. The Balaban J connectivity index is 2.09. The van der Waals surface area contributed by atoms with E-state index in [9.17, 15) is 4.79 Å². The fraction of sp³-hybridized carbons (Fsp3) is 0.0625. The zero-order chi connectivity index (χ0) is 13.7. The van der Waals surface area contributed by atoms with Crippen LogP contribution in [-0.2, 0) is 0 Å². The predicted octanol–water partition coefficient (Wildman–Crippen LogP) is 4.23. The monoisotopic (exact) mass is 363 g/mol. The molecule has 0 aliphatic heterocycles. The zero-order valence-electron chi connectivity index (χ0n) is 10.6. The van der Waals surface area contributed by atoms with E-state index in [4.69, 9.17) is 0 Å². The molecule has 0 heterocycles. The normalized spacial score (nSPS) is 10.6. The highest BCUT2D eigenvalue weighted by molar-refractivity contribution is 14.1. The van der Waals surface area contributed by atoms with Gasteiger partial charge in [0.05, 0.1) is 0 Å². The maximum Gasteiger partial charge on any atom is 0.185 e. The third kappa shape index (κ3) is 3.92. The molecular weight excluding hydrogens is 349 g/mol. The highest BCUT2D eigenvalue weighted by atomic mass is 127. The van der Waals surface area contributed by atoms with E-state index in [1.807, 2.05) is 61.7 Å². The van der Waals surface area contributed by atoms with Crippen molar-refractivity contribution in [1.29, 1.82) is 0 Å². The summed E-state index contributed by atoms with van der Waals surface area (Å²) in [6, 6.07) is 15.5. The summed E-state index contributed by atoms with van der Waals surface area (Å²) in [5, 5.41) is 3.03. The van der Waals surface area contributed by atoms with E-state index < -0.39 is 0 Å². The van der Waals surface area contributed by atoms with Gasteiger partial charge < -0.3 is 5.32 Å². The van der Waals surface area contributed by atoms with E-state index in [1.165, 1.54) is 3.57 Å². The van der Waals surface area contributed by atoms with Gasteiger partial charge in [0.1, 0.15) is 0 Å². The molecule has 3 heteroatoms. The Kier molecular flexibility index (Phi) is 4.74. The molecular formula is C16H14INO. The summed E-state index contributed by atoms with van der Waals surface area (Å²) in [5.41, 5.74) is 2.72. The van der Waals surface area contributed by atoms with Gasteiger partial charge in [0.25, 0.3) is 0 Å². The van der Waals surface area contributed by atoms with E-state index in [0.717, 1.165) is 11.3 Å². The molecule has 0 radical (unpaired) electrons. The lowest BCUT2D eigenvalue weighted by Gasteiger charge is -2.00. The first-order valence-corrected chi connectivity index (χ1v) is 7.03. The van der Waals surface area contributed by atoms with Gasteiger partial charge in [0.2, 0.25) is 0 Å². The van der Waals surface area contributed by atoms with Gasteiger partial charge in [-0.25, -0.2) is 0 Å². The summed E-state index contributed by atoms with van der Waals surface area (Å²) < 4.78 is 1.18. The molecule has 0 unspecified atom stereocenters. The fourth-order valence-corrected chi connectivity index (χ4v) is 2.00. The van der Waals surface area contributed by atoms with E-state index in [2.05, 4.69) is 27.9 Å². The highest BCUT2D eigenvalue weighted by Gasteiger charge is 2.01. The Morgan fingerprint density at radius 1 is 1.05 bits per heavy atom. The SMILES string of the molecule is CNc1ccc(C(=O)C=Cc2ccc(I)cc2)cc1. The van der Waals surface area contributed by atoms with Crippen LogP contribution < -0.4 is 5.32 Å². The van der Waals surface area contributed by atoms with E-state index in [-0.39, 0.29) is 5.78 Å². The van der Waals surface area contributed by atoms with Crippen molar-refractivity contribution in [3.63, 3.8) is 0 Å². The first kappa shape index (κ1) is 13.8. The molecule has 0 saturated carbocycles. The van der Waals surface area contributed by atoms with Crippen LogP contribution in [0.25, 0.3) is 6.08 Å². The number of hydrogen-bond donors (Lipinski definition) is 1. The number of halogens is 1. The number of hydrogen-bond acceptors (Lipinski definition) is 2.